The van der Waals surface area contributed by atoms with Crippen LogP contribution in [0.1, 0.15) is 22.3 Å². The zero-order valence-corrected chi connectivity index (χ0v) is 16.3. The van der Waals surface area contributed by atoms with Gasteiger partial charge in [0.15, 0.2) is 5.13 Å². The lowest BCUT2D eigenvalue weighted by molar-refractivity contribution is -0.137. The number of anilines is 2. The molecule has 0 unspecified atom stereocenters. The van der Waals surface area contributed by atoms with Gasteiger partial charge in [-0.05, 0) is 50.1 Å². The quantitative estimate of drug-likeness (QED) is 0.530. The van der Waals surface area contributed by atoms with Crippen LogP contribution in [0.25, 0.3) is 11.3 Å². The zero-order valence-electron chi connectivity index (χ0n) is 15.4. The molecule has 0 aliphatic carbocycles. The van der Waals surface area contributed by atoms with Crippen LogP contribution in [-0.2, 0) is 6.18 Å². The number of rotatable bonds is 3. The van der Waals surface area contributed by atoms with Gasteiger partial charge in [0.05, 0.1) is 11.3 Å². The number of carbonyl (C=O) groups is 1. The van der Waals surface area contributed by atoms with E-state index in [4.69, 9.17) is 0 Å². The molecule has 0 radical (unpaired) electrons. The van der Waals surface area contributed by atoms with E-state index in [-0.39, 0.29) is 5.69 Å². The Labute approximate surface area is 164 Å². The first-order chi connectivity index (χ1) is 13.1. The van der Waals surface area contributed by atoms with Gasteiger partial charge in [0, 0.05) is 16.6 Å². The Hall–Kier alpha value is -2.87. The molecule has 0 aliphatic rings. The third-order valence-electron chi connectivity index (χ3n) is 4.11. The predicted octanol–water partition coefficient (Wildman–Crippen LogP) is 6.40. The number of aryl methyl sites for hydroxylation is 3. The summed E-state index contributed by atoms with van der Waals surface area (Å²) in [6.07, 6.45) is -4.47. The second kappa shape index (κ2) is 7.63. The smallest absolute Gasteiger partial charge is 0.308 e. The van der Waals surface area contributed by atoms with Crippen LogP contribution in [0.4, 0.5) is 28.8 Å². The monoisotopic (exact) mass is 405 g/mol. The number of aromatic nitrogens is 1. The lowest BCUT2D eigenvalue weighted by Gasteiger charge is -2.10. The Morgan fingerprint density at radius 2 is 1.71 bits per heavy atom. The molecule has 146 valence electrons. The molecule has 28 heavy (non-hydrogen) atoms. The van der Waals surface area contributed by atoms with Crippen molar-refractivity contribution in [1.29, 1.82) is 0 Å². The predicted molar refractivity (Wildman–Crippen MR) is 106 cm³/mol. The fraction of sp³-hybridized carbons (Fsp3) is 0.200. The van der Waals surface area contributed by atoms with Crippen LogP contribution >= 0.6 is 11.3 Å². The number of alkyl halides is 3. The first kappa shape index (κ1) is 19.9. The van der Waals surface area contributed by atoms with E-state index in [0.29, 0.717) is 5.13 Å². The lowest BCUT2D eigenvalue weighted by atomic mass is 9.98. The van der Waals surface area contributed by atoms with E-state index in [1.807, 2.05) is 26.2 Å². The summed E-state index contributed by atoms with van der Waals surface area (Å²) < 4.78 is 38.3. The second-order valence-electron chi connectivity index (χ2n) is 6.47. The minimum atomic E-state index is -4.47. The van der Waals surface area contributed by atoms with Crippen LogP contribution in [-0.4, -0.2) is 11.0 Å². The molecule has 0 saturated carbocycles. The van der Waals surface area contributed by atoms with Gasteiger partial charge in [-0.15, -0.1) is 11.3 Å². The molecule has 1 heterocycles. The lowest BCUT2D eigenvalue weighted by Crippen LogP contribution is -2.19. The largest absolute Gasteiger partial charge is 0.416 e. The highest BCUT2D eigenvalue weighted by atomic mass is 32.1. The summed E-state index contributed by atoms with van der Waals surface area (Å²) in [5, 5.41) is 7.16. The van der Waals surface area contributed by atoms with E-state index < -0.39 is 17.8 Å². The Morgan fingerprint density at radius 3 is 2.36 bits per heavy atom. The maximum absolute atomic E-state index is 12.8. The first-order valence-corrected chi connectivity index (χ1v) is 9.30. The van der Waals surface area contributed by atoms with Gasteiger partial charge in [0.1, 0.15) is 0 Å². The Bertz CT molecular complexity index is 1000. The van der Waals surface area contributed by atoms with Gasteiger partial charge in [-0.2, -0.15) is 13.2 Å². The van der Waals surface area contributed by atoms with Crippen molar-refractivity contribution in [2.45, 2.75) is 26.9 Å². The summed E-state index contributed by atoms with van der Waals surface area (Å²) in [6.45, 7) is 6.03. The van der Waals surface area contributed by atoms with Crippen molar-refractivity contribution in [3.05, 3.63) is 64.0 Å². The van der Waals surface area contributed by atoms with Crippen molar-refractivity contribution in [2.75, 3.05) is 10.6 Å². The van der Waals surface area contributed by atoms with Gasteiger partial charge in [0.25, 0.3) is 0 Å². The molecular weight excluding hydrogens is 387 g/mol. The highest BCUT2D eigenvalue weighted by molar-refractivity contribution is 7.14. The van der Waals surface area contributed by atoms with Crippen LogP contribution in [0.2, 0.25) is 0 Å². The van der Waals surface area contributed by atoms with Gasteiger partial charge in [-0.25, -0.2) is 9.78 Å². The molecule has 8 heteroatoms. The van der Waals surface area contributed by atoms with E-state index in [1.54, 1.807) is 0 Å². The van der Waals surface area contributed by atoms with Crippen LogP contribution in [0.5, 0.6) is 0 Å². The van der Waals surface area contributed by atoms with Crippen molar-refractivity contribution in [2.24, 2.45) is 0 Å². The maximum Gasteiger partial charge on any atom is 0.416 e. The number of halogens is 3. The molecule has 3 aromatic rings. The van der Waals surface area contributed by atoms with Crippen molar-refractivity contribution >= 4 is 28.2 Å². The summed E-state index contributed by atoms with van der Waals surface area (Å²) in [4.78, 5) is 16.6. The Kier molecular flexibility index (Phi) is 5.42. The Morgan fingerprint density at radius 1 is 1.04 bits per heavy atom. The molecule has 0 fully saturated rings. The Balaban J connectivity index is 1.73. The van der Waals surface area contributed by atoms with E-state index in [2.05, 4.69) is 27.8 Å². The van der Waals surface area contributed by atoms with E-state index in [0.717, 1.165) is 40.1 Å². The van der Waals surface area contributed by atoms with Crippen LogP contribution < -0.4 is 10.6 Å². The summed E-state index contributed by atoms with van der Waals surface area (Å²) >= 11 is 1.25. The molecule has 0 bridgehead atoms. The summed E-state index contributed by atoms with van der Waals surface area (Å²) in [7, 11) is 0. The highest BCUT2D eigenvalue weighted by Gasteiger charge is 2.30. The number of nitrogens with one attached hydrogen (secondary N) is 2. The van der Waals surface area contributed by atoms with Crippen LogP contribution in [0.3, 0.4) is 0 Å². The summed E-state index contributed by atoms with van der Waals surface area (Å²) in [6, 6.07) is 7.93. The fourth-order valence-corrected chi connectivity index (χ4v) is 3.76. The number of hydrogen-bond acceptors (Lipinski definition) is 3. The molecule has 0 saturated heterocycles. The molecular formula is C20H18F3N3OS. The standard InChI is InChI=1S/C20H18F3N3OS/c1-11-7-12(2)17(13(3)8-11)16-10-28-19(25-16)26-18(27)24-15-6-4-5-14(9-15)20(21,22)23/h4-10H,1-3H3,(H2,24,25,26,27). The molecule has 3 rings (SSSR count). The number of thiazole rings is 1. The molecule has 0 spiro atoms. The minimum absolute atomic E-state index is 0.0503. The van der Waals surface area contributed by atoms with Crippen molar-refractivity contribution in [1.82, 2.24) is 4.98 Å². The average molecular weight is 405 g/mol. The molecule has 2 amide bonds. The zero-order chi connectivity index (χ0) is 20.5. The average Bonchev–Trinajstić information content (AvgIpc) is 3.01. The number of hydrogen-bond donors (Lipinski definition) is 2. The minimum Gasteiger partial charge on any atom is -0.308 e. The number of amides is 2. The van der Waals surface area contributed by atoms with E-state index in [9.17, 15) is 18.0 Å². The number of carbonyl (C=O) groups excluding carboxylic acids is 1. The van der Waals surface area contributed by atoms with Crippen molar-refractivity contribution < 1.29 is 18.0 Å². The molecule has 0 atom stereocenters. The normalized spacial score (nSPS) is 11.4. The molecule has 2 N–H and O–H groups in total. The van der Waals surface area contributed by atoms with Gasteiger partial charge in [-0.3, -0.25) is 5.32 Å². The third-order valence-corrected chi connectivity index (χ3v) is 4.86. The van der Waals surface area contributed by atoms with Gasteiger partial charge >= 0.3 is 12.2 Å². The van der Waals surface area contributed by atoms with Gasteiger partial charge in [-0.1, -0.05) is 23.8 Å². The third kappa shape index (κ3) is 4.51. The van der Waals surface area contributed by atoms with Gasteiger partial charge < -0.3 is 5.32 Å². The molecule has 1 aromatic heterocycles. The second-order valence-corrected chi connectivity index (χ2v) is 7.33. The summed E-state index contributed by atoms with van der Waals surface area (Å²) in [5.41, 5.74) is 4.31. The fourth-order valence-electron chi connectivity index (χ4n) is 3.06. The van der Waals surface area contributed by atoms with E-state index in [1.165, 1.54) is 23.5 Å². The van der Waals surface area contributed by atoms with Crippen molar-refractivity contribution in [3.63, 3.8) is 0 Å². The van der Waals surface area contributed by atoms with Crippen LogP contribution in [0, 0.1) is 20.8 Å². The topological polar surface area (TPSA) is 54.0 Å². The number of nitrogens with zero attached hydrogens (tertiary/aromatic N) is 1. The maximum atomic E-state index is 12.8. The highest BCUT2D eigenvalue weighted by Crippen LogP contribution is 2.32. The van der Waals surface area contributed by atoms with Crippen molar-refractivity contribution in [3.8, 4) is 11.3 Å². The SMILES string of the molecule is Cc1cc(C)c(-c2csc(NC(=O)Nc3cccc(C(F)(F)F)c3)n2)c(C)c1. The molecule has 4 nitrogen and oxygen atoms in total. The molecule has 2 aromatic carbocycles. The van der Waals surface area contributed by atoms with Gasteiger partial charge in [0.2, 0.25) is 0 Å². The first-order valence-electron chi connectivity index (χ1n) is 8.42. The summed E-state index contributed by atoms with van der Waals surface area (Å²) in [5.74, 6) is 0. The number of urea groups is 1. The van der Waals surface area contributed by atoms with Crippen LogP contribution in [0.15, 0.2) is 41.8 Å². The molecule has 0 aliphatic heterocycles. The number of benzene rings is 2. The van der Waals surface area contributed by atoms with E-state index >= 15 is 0 Å².